The van der Waals surface area contributed by atoms with Gasteiger partial charge in [0.25, 0.3) is 0 Å². The second kappa shape index (κ2) is 7.06. The van der Waals surface area contributed by atoms with Crippen molar-refractivity contribution in [2.24, 2.45) is 0 Å². The van der Waals surface area contributed by atoms with Crippen LogP contribution in [0.4, 0.5) is 0 Å². The number of aromatic nitrogens is 2. The third-order valence-electron chi connectivity index (χ3n) is 2.86. The van der Waals surface area contributed by atoms with E-state index in [-0.39, 0.29) is 12.2 Å². The van der Waals surface area contributed by atoms with Gasteiger partial charge in [0.15, 0.2) is 5.78 Å². The average Bonchev–Trinajstić information content (AvgIpc) is 2.95. The minimum Gasteiger partial charge on any atom is -0.489 e. The molecule has 0 bridgehead atoms. The highest BCUT2D eigenvalue weighted by Crippen LogP contribution is 2.19. The Kier molecular flexibility index (Phi) is 4.89. The van der Waals surface area contributed by atoms with E-state index in [1.54, 1.807) is 17.0 Å². The van der Waals surface area contributed by atoms with Gasteiger partial charge in [-0.15, -0.1) is 0 Å². The number of rotatable bonds is 7. The van der Waals surface area contributed by atoms with E-state index >= 15 is 0 Å². The summed E-state index contributed by atoms with van der Waals surface area (Å²) in [6, 6.07) is 9.48. The first kappa shape index (κ1) is 14.5. The highest BCUT2D eigenvalue weighted by atomic mass is 16.5. The molecule has 0 aliphatic heterocycles. The summed E-state index contributed by atoms with van der Waals surface area (Å²) in [6.45, 7) is 4.55. The maximum atomic E-state index is 11.6. The van der Waals surface area contributed by atoms with E-state index in [2.05, 4.69) is 11.7 Å². The third-order valence-corrected chi connectivity index (χ3v) is 2.86. The second-order valence-electron chi connectivity index (χ2n) is 4.39. The van der Waals surface area contributed by atoms with E-state index in [9.17, 15) is 4.79 Å². The van der Waals surface area contributed by atoms with Crippen LogP contribution in [0.3, 0.4) is 0 Å². The normalized spacial score (nSPS) is 9.86. The van der Waals surface area contributed by atoms with Crippen LogP contribution in [0.2, 0.25) is 0 Å². The van der Waals surface area contributed by atoms with E-state index in [0.29, 0.717) is 18.7 Å². The minimum absolute atomic E-state index is 0.134. The number of ether oxygens (including phenoxy) is 1. The Labute approximate surface area is 123 Å². The number of nitrogens with zero attached hydrogens (tertiary/aromatic N) is 3. The fourth-order valence-corrected chi connectivity index (χ4v) is 1.87. The lowest BCUT2D eigenvalue weighted by Crippen LogP contribution is -2.04. The Morgan fingerprint density at radius 1 is 1.48 bits per heavy atom. The highest BCUT2D eigenvalue weighted by Gasteiger charge is 2.09. The number of carbonyl (C=O) groups excluding carboxylic acids is 1. The van der Waals surface area contributed by atoms with Crippen molar-refractivity contribution in [2.75, 3.05) is 6.61 Å². The van der Waals surface area contributed by atoms with Gasteiger partial charge in [0, 0.05) is 11.8 Å². The van der Waals surface area contributed by atoms with Gasteiger partial charge in [0.1, 0.15) is 12.4 Å². The lowest BCUT2D eigenvalue weighted by molar-refractivity contribution is 0.0997. The summed E-state index contributed by atoms with van der Waals surface area (Å²) in [6.07, 6.45) is 4.67. The van der Waals surface area contributed by atoms with Gasteiger partial charge < -0.3 is 4.74 Å². The molecule has 0 aliphatic rings. The van der Waals surface area contributed by atoms with Gasteiger partial charge in [-0.2, -0.15) is 10.4 Å². The standard InChI is InChI=1S/C16H15N3O2/c1-2-9-21-16-6-4-3-5-13(16)11-19-12-14(10-18-19)15(20)7-8-17/h2-6,10,12H,1,7,9,11H2. The number of Topliss-reactive ketones (excluding diaryl/α,β-unsaturated/α-hetero) is 1. The maximum absolute atomic E-state index is 11.6. The molecule has 21 heavy (non-hydrogen) atoms. The monoisotopic (exact) mass is 281 g/mol. The quantitative estimate of drug-likeness (QED) is 0.578. The maximum Gasteiger partial charge on any atom is 0.180 e. The van der Waals surface area contributed by atoms with Crippen molar-refractivity contribution >= 4 is 5.78 Å². The Bertz CT molecular complexity index is 683. The second-order valence-corrected chi connectivity index (χ2v) is 4.39. The lowest BCUT2D eigenvalue weighted by Gasteiger charge is -2.09. The fraction of sp³-hybridized carbons (Fsp3) is 0.188. The molecule has 5 nitrogen and oxygen atoms in total. The smallest absolute Gasteiger partial charge is 0.180 e. The van der Waals surface area contributed by atoms with Gasteiger partial charge in [-0.25, -0.2) is 0 Å². The number of benzene rings is 1. The molecule has 0 amide bonds. The summed E-state index contributed by atoms with van der Waals surface area (Å²) in [5.41, 5.74) is 1.41. The summed E-state index contributed by atoms with van der Waals surface area (Å²) in [7, 11) is 0. The Morgan fingerprint density at radius 3 is 3.05 bits per heavy atom. The van der Waals surface area contributed by atoms with Crippen molar-refractivity contribution in [3.63, 3.8) is 0 Å². The van der Waals surface area contributed by atoms with E-state index in [0.717, 1.165) is 11.3 Å². The summed E-state index contributed by atoms with van der Waals surface area (Å²) >= 11 is 0. The molecule has 0 saturated carbocycles. The van der Waals surface area contributed by atoms with Crippen LogP contribution in [-0.4, -0.2) is 22.2 Å². The van der Waals surface area contributed by atoms with Crippen molar-refractivity contribution in [1.82, 2.24) is 9.78 Å². The number of carbonyl (C=O) groups is 1. The predicted octanol–water partition coefficient (Wildman–Crippen LogP) is 2.59. The summed E-state index contributed by atoms with van der Waals surface area (Å²) in [5, 5.41) is 12.7. The van der Waals surface area contributed by atoms with E-state index in [1.165, 1.54) is 6.20 Å². The number of hydrogen-bond acceptors (Lipinski definition) is 4. The third kappa shape index (κ3) is 3.80. The molecule has 2 rings (SSSR count). The molecule has 1 aromatic carbocycles. The number of hydrogen-bond donors (Lipinski definition) is 0. The Morgan fingerprint density at radius 2 is 2.29 bits per heavy atom. The zero-order valence-corrected chi connectivity index (χ0v) is 11.5. The van der Waals surface area contributed by atoms with Crippen molar-refractivity contribution in [3.8, 4) is 11.8 Å². The summed E-state index contributed by atoms with van der Waals surface area (Å²) in [5.74, 6) is 0.540. The molecule has 2 aromatic rings. The van der Waals surface area contributed by atoms with E-state index in [4.69, 9.17) is 10.00 Å². The molecule has 0 fully saturated rings. The van der Waals surface area contributed by atoms with E-state index in [1.807, 2.05) is 30.3 Å². The number of nitriles is 1. The van der Waals surface area contributed by atoms with Crippen molar-refractivity contribution < 1.29 is 9.53 Å². The average molecular weight is 281 g/mol. The molecule has 0 unspecified atom stereocenters. The van der Waals surface area contributed by atoms with Gasteiger partial charge in [0.05, 0.1) is 30.8 Å². The Balaban J connectivity index is 2.13. The molecule has 0 atom stereocenters. The van der Waals surface area contributed by atoms with Crippen LogP contribution in [-0.2, 0) is 6.54 Å². The van der Waals surface area contributed by atoms with Crippen LogP contribution in [0.15, 0.2) is 49.3 Å². The molecular formula is C16H15N3O2. The van der Waals surface area contributed by atoms with Crippen molar-refractivity contribution in [2.45, 2.75) is 13.0 Å². The van der Waals surface area contributed by atoms with Gasteiger partial charge in [-0.1, -0.05) is 30.9 Å². The Hall–Kier alpha value is -2.87. The van der Waals surface area contributed by atoms with Gasteiger partial charge >= 0.3 is 0 Å². The molecule has 0 spiro atoms. The fourth-order valence-electron chi connectivity index (χ4n) is 1.87. The molecule has 5 heteroatoms. The van der Waals surface area contributed by atoms with E-state index < -0.39 is 0 Å². The summed E-state index contributed by atoms with van der Waals surface area (Å²) in [4.78, 5) is 11.6. The molecular weight excluding hydrogens is 266 g/mol. The van der Waals surface area contributed by atoms with Crippen LogP contribution in [0.1, 0.15) is 22.3 Å². The van der Waals surface area contributed by atoms with Crippen molar-refractivity contribution in [1.29, 1.82) is 5.26 Å². The molecule has 1 heterocycles. The largest absolute Gasteiger partial charge is 0.489 e. The summed E-state index contributed by atoms with van der Waals surface area (Å²) < 4.78 is 7.24. The number of para-hydroxylation sites is 1. The molecule has 0 radical (unpaired) electrons. The van der Waals surface area contributed by atoms with Crippen LogP contribution in [0, 0.1) is 11.3 Å². The first-order valence-electron chi connectivity index (χ1n) is 6.49. The van der Waals surface area contributed by atoms with Crippen molar-refractivity contribution in [3.05, 3.63) is 60.4 Å². The zero-order valence-electron chi connectivity index (χ0n) is 11.5. The number of ketones is 1. The molecule has 1 aromatic heterocycles. The zero-order chi connectivity index (χ0) is 15.1. The van der Waals surface area contributed by atoms with Crippen LogP contribution >= 0.6 is 0 Å². The van der Waals surface area contributed by atoms with Gasteiger partial charge in [-0.3, -0.25) is 9.48 Å². The lowest BCUT2D eigenvalue weighted by atomic mass is 10.2. The highest BCUT2D eigenvalue weighted by molar-refractivity contribution is 5.96. The van der Waals surface area contributed by atoms with Crippen LogP contribution in [0.25, 0.3) is 0 Å². The first-order valence-corrected chi connectivity index (χ1v) is 6.49. The van der Waals surface area contributed by atoms with Crippen LogP contribution < -0.4 is 4.74 Å². The minimum atomic E-state index is -0.222. The van der Waals surface area contributed by atoms with Gasteiger partial charge in [0.2, 0.25) is 0 Å². The predicted molar refractivity (Wildman–Crippen MR) is 78.0 cm³/mol. The van der Waals surface area contributed by atoms with Gasteiger partial charge in [-0.05, 0) is 6.07 Å². The molecule has 0 N–H and O–H groups in total. The van der Waals surface area contributed by atoms with Crippen LogP contribution in [0.5, 0.6) is 5.75 Å². The topological polar surface area (TPSA) is 67.9 Å². The molecule has 106 valence electrons. The SMILES string of the molecule is C=CCOc1ccccc1Cn1cc(C(=O)CC#N)cn1. The molecule has 0 aliphatic carbocycles. The first-order chi connectivity index (χ1) is 10.2. The molecule has 0 saturated heterocycles.